The molecule has 0 amide bonds. The summed E-state index contributed by atoms with van der Waals surface area (Å²) in [5.74, 6) is 0. The third-order valence-corrected chi connectivity index (χ3v) is 10.8. The zero-order chi connectivity index (χ0) is 21.2. The molecule has 0 aliphatic carbocycles. The average Bonchev–Trinajstić information content (AvgIpc) is 2.76. The molecule has 0 radical (unpaired) electrons. The summed E-state index contributed by atoms with van der Waals surface area (Å²) in [6.45, 7) is 9.09. The van der Waals surface area contributed by atoms with Crippen LogP contribution in [0.3, 0.4) is 0 Å². The van der Waals surface area contributed by atoms with Crippen LogP contribution in [-0.2, 0) is 5.41 Å². The summed E-state index contributed by atoms with van der Waals surface area (Å²) in [5.41, 5.74) is 2.80. The number of aryl methyl sites for hydroxylation is 1. The molecule has 0 N–H and O–H groups in total. The Hall–Kier alpha value is -2.90. The molecule has 0 nitrogen and oxygen atoms in total. The van der Waals surface area contributed by atoms with Gasteiger partial charge in [-0.25, -0.2) is 0 Å². The summed E-state index contributed by atoms with van der Waals surface area (Å²) in [6, 6.07) is 40.8. The van der Waals surface area contributed by atoms with Crippen LogP contribution in [0.4, 0.5) is 0 Å². The molecule has 0 unspecified atom stereocenters. The van der Waals surface area contributed by atoms with Crippen LogP contribution in [0.2, 0.25) is 0 Å². The molecule has 150 valence electrons. The van der Waals surface area contributed by atoms with E-state index in [1.165, 1.54) is 31.9 Å². The first kappa shape index (κ1) is 20.4. The predicted octanol–water partition coefficient (Wildman–Crippen LogP) is 4.67. The van der Waals surface area contributed by atoms with Crippen molar-refractivity contribution in [2.75, 3.05) is 0 Å². The van der Waals surface area contributed by atoms with E-state index in [2.05, 4.69) is 137 Å². The highest BCUT2D eigenvalue weighted by atomic mass is 28.3. The van der Waals surface area contributed by atoms with E-state index < -0.39 is 8.07 Å². The summed E-state index contributed by atoms with van der Waals surface area (Å²) in [6.07, 6.45) is 0. The maximum absolute atomic E-state index is 2.47. The Morgan fingerprint density at radius 2 is 0.967 bits per heavy atom. The number of hydrogen-bond acceptors (Lipinski definition) is 0. The van der Waals surface area contributed by atoms with E-state index in [0.29, 0.717) is 0 Å². The highest BCUT2D eigenvalue weighted by Gasteiger charge is 2.41. The fourth-order valence-corrected chi connectivity index (χ4v) is 9.37. The zero-order valence-electron chi connectivity index (χ0n) is 18.4. The van der Waals surface area contributed by atoms with Crippen molar-refractivity contribution in [2.24, 2.45) is 0 Å². The Bertz CT molecular complexity index is 1080. The van der Waals surface area contributed by atoms with Crippen LogP contribution in [0.1, 0.15) is 31.9 Å². The molecule has 0 heterocycles. The van der Waals surface area contributed by atoms with Crippen molar-refractivity contribution >= 4 is 28.8 Å². The van der Waals surface area contributed by atoms with Crippen molar-refractivity contribution in [3.8, 4) is 0 Å². The minimum absolute atomic E-state index is 0.107. The van der Waals surface area contributed by atoms with Gasteiger partial charge in [0.05, 0.1) is 0 Å². The lowest BCUT2D eigenvalue weighted by Gasteiger charge is -2.35. The average molecular weight is 407 g/mol. The lowest BCUT2D eigenvalue weighted by atomic mass is 9.87. The van der Waals surface area contributed by atoms with Crippen LogP contribution in [0.15, 0.2) is 109 Å². The third-order valence-electron chi connectivity index (χ3n) is 6.03. The first-order valence-electron chi connectivity index (χ1n) is 10.7. The lowest BCUT2D eigenvalue weighted by Crippen LogP contribution is -2.74. The van der Waals surface area contributed by atoms with E-state index in [9.17, 15) is 0 Å². The van der Waals surface area contributed by atoms with Gasteiger partial charge in [-0.15, -0.1) is 0 Å². The second-order valence-electron chi connectivity index (χ2n) is 9.18. The van der Waals surface area contributed by atoms with E-state index in [-0.39, 0.29) is 5.41 Å². The molecule has 4 aromatic rings. The van der Waals surface area contributed by atoms with Crippen molar-refractivity contribution < 1.29 is 0 Å². The Morgan fingerprint density at radius 3 is 1.47 bits per heavy atom. The number of rotatable bonds is 4. The summed E-state index contributed by atoms with van der Waals surface area (Å²) in [5, 5.41) is 5.73. The van der Waals surface area contributed by atoms with Crippen molar-refractivity contribution in [3.05, 3.63) is 120 Å². The van der Waals surface area contributed by atoms with Crippen LogP contribution < -0.4 is 20.7 Å². The summed E-state index contributed by atoms with van der Waals surface area (Å²) in [7, 11) is -2.44. The van der Waals surface area contributed by atoms with E-state index in [0.717, 1.165) is 0 Å². The topological polar surface area (TPSA) is 0 Å². The molecule has 0 bridgehead atoms. The van der Waals surface area contributed by atoms with Gasteiger partial charge in [0.15, 0.2) is 8.07 Å². The van der Waals surface area contributed by atoms with Gasteiger partial charge in [0.1, 0.15) is 0 Å². The van der Waals surface area contributed by atoms with Gasteiger partial charge in [-0.2, -0.15) is 0 Å². The van der Waals surface area contributed by atoms with Crippen LogP contribution >= 0.6 is 0 Å². The van der Waals surface area contributed by atoms with Gasteiger partial charge >= 0.3 is 0 Å². The van der Waals surface area contributed by atoms with Gasteiger partial charge in [0.2, 0.25) is 0 Å². The molecule has 0 saturated carbocycles. The van der Waals surface area contributed by atoms with Crippen molar-refractivity contribution in [1.82, 2.24) is 0 Å². The van der Waals surface area contributed by atoms with E-state index in [1.807, 2.05) is 0 Å². The molecule has 0 aromatic heterocycles. The standard InChI is InChI=1S/C29H30Si/c1-23-13-11-19-27(21-23)30(25-15-7-5-8-16-25,26-17-9-6-10-18-26)28-20-12-14-24(22-28)29(2,3)4/h5-22H,1-4H3. The van der Waals surface area contributed by atoms with Crippen molar-refractivity contribution in [2.45, 2.75) is 33.1 Å². The monoisotopic (exact) mass is 406 g/mol. The van der Waals surface area contributed by atoms with Gasteiger partial charge in [0, 0.05) is 0 Å². The van der Waals surface area contributed by atoms with Gasteiger partial charge in [-0.05, 0) is 38.6 Å². The molecular weight excluding hydrogens is 376 g/mol. The smallest absolute Gasteiger partial charge is 0.0623 e. The molecule has 30 heavy (non-hydrogen) atoms. The van der Waals surface area contributed by atoms with E-state index in [1.54, 1.807) is 0 Å². The first-order chi connectivity index (χ1) is 14.4. The molecule has 4 aromatic carbocycles. The van der Waals surface area contributed by atoms with Gasteiger partial charge in [-0.1, -0.05) is 136 Å². The fourth-order valence-electron chi connectivity index (χ4n) is 4.47. The minimum atomic E-state index is -2.44. The van der Waals surface area contributed by atoms with Gasteiger partial charge in [-0.3, -0.25) is 0 Å². The molecular formula is C29H30Si. The lowest BCUT2D eigenvalue weighted by molar-refractivity contribution is 0.591. The molecule has 0 fully saturated rings. The molecule has 4 rings (SSSR count). The highest BCUT2D eigenvalue weighted by Crippen LogP contribution is 2.22. The van der Waals surface area contributed by atoms with E-state index >= 15 is 0 Å². The first-order valence-corrected chi connectivity index (χ1v) is 12.7. The summed E-state index contributed by atoms with van der Waals surface area (Å²) in [4.78, 5) is 0. The quantitative estimate of drug-likeness (QED) is 0.341. The SMILES string of the molecule is Cc1cccc([Si](c2ccccc2)(c2ccccc2)c2cccc(C(C)(C)C)c2)c1. The van der Waals surface area contributed by atoms with E-state index in [4.69, 9.17) is 0 Å². The largest absolute Gasteiger partial charge is 0.179 e. The van der Waals surface area contributed by atoms with Crippen molar-refractivity contribution in [1.29, 1.82) is 0 Å². The highest BCUT2D eigenvalue weighted by molar-refractivity contribution is 7.19. The second-order valence-corrected chi connectivity index (χ2v) is 13.0. The zero-order valence-corrected chi connectivity index (χ0v) is 19.4. The third kappa shape index (κ3) is 3.66. The van der Waals surface area contributed by atoms with Crippen LogP contribution in [0.25, 0.3) is 0 Å². The van der Waals surface area contributed by atoms with Crippen LogP contribution in [0, 0.1) is 6.92 Å². The van der Waals surface area contributed by atoms with Gasteiger partial charge < -0.3 is 0 Å². The molecule has 0 aliphatic rings. The van der Waals surface area contributed by atoms with Crippen molar-refractivity contribution in [3.63, 3.8) is 0 Å². The predicted molar refractivity (Wildman–Crippen MR) is 133 cm³/mol. The molecule has 0 saturated heterocycles. The fraction of sp³-hybridized carbons (Fsp3) is 0.172. The Labute approximate surface area is 182 Å². The second kappa shape index (κ2) is 8.08. The maximum atomic E-state index is 2.47. The van der Waals surface area contributed by atoms with Gasteiger partial charge in [0.25, 0.3) is 0 Å². The number of benzene rings is 4. The summed E-state index contributed by atoms with van der Waals surface area (Å²) < 4.78 is 0. The normalized spacial score (nSPS) is 12.0. The maximum Gasteiger partial charge on any atom is 0.179 e. The summed E-state index contributed by atoms with van der Waals surface area (Å²) >= 11 is 0. The molecule has 0 spiro atoms. The Kier molecular flexibility index (Phi) is 5.49. The molecule has 0 atom stereocenters. The van der Waals surface area contributed by atoms with Crippen LogP contribution in [0.5, 0.6) is 0 Å². The molecule has 1 heteroatoms. The molecule has 0 aliphatic heterocycles. The minimum Gasteiger partial charge on any atom is -0.0623 e. The Balaban J connectivity index is 2.14. The van der Waals surface area contributed by atoms with Crippen LogP contribution in [-0.4, -0.2) is 8.07 Å². The number of hydrogen-bond donors (Lipinski definition) is 0. The Morgan fingerprint density at radius 1 is 0.500 bits per heavy atom.